The van der Waals surface area contributed by atoms with Gasteiger partial charge in [0.1, 0.15) is 11.5 Å². The highest BCUT2D eigenvalue weighted by Crippen LogP contribution is 2.22. The fourth-order valence-corrected chi connectivity index (χ4v) is 1.24. The standard InChI is InChI=1S/C11H12FNO4/c1-8(14)3-2-6-17-9-4-5-11(13(15)16)10(12)7-9/h4-5,7H,2-3,6H2,1H3. The Hall–Kier alpha value is -1.98. The maximum absolute atomic E-state index is 13.2. The first-order valence-corrected chi connectivity index (χ1v) is 5.07. The molecule has 1 rings (SSSR count). The van der Waals surface area contributed by atoms with Crippen molar-refractivity contribution in [3.8, 4) is 5.75 Å². The molecule has 17 heavy (non-hydrogen) atoms. The van der Waals surface area contributed by atoms with Crippen LogP contribution in [-0.4, -0.2) is 17.3 Å². The monoisotopic (exact) mass is 241 g/mol. The summed E-state index contributed by atoms with van der Waals surface area (Å²) < 4.78 is 18.3. The van der Waals surface area contributed by atoms with E-state index in [9.17, 15) is 19.3 Å². The molecular weight excluding hydrogens is 229 g/mol. The van der Waals surface area contributed by atoms with E-state index in [1.54, 1.807) is 0 Å². The number of benzene rings is 1. The third kappa shape index (κ3) is 4.18. The van der Waals surface area contributed by atoms with Crippen molar-refractivity contribution >= 4 is 11.5 Å². The van der Waals surface area contributed by atoms with E-state index in [1.165, 1.54) is 13.0 Å². The van der Waals surface area contributed by atoms with Crippen molar-refractivity contribution < 1.29 is 18.8 Å². The van der Waals surface area contributed by atoms with Gasteiger partial charge < -0.3 is 9.53 Å². The number of rotatable bonds is 6. The average Bonchev–Trinajstić information content (AvgIpc) is 2.23. The number of Topliss-reactive ketones (excluding diaryl/α,β-unsaturated/α-hetero) is 1. The molecule has 0 N–H and O–H groups in total. The van der Waals surface area contributed by atoms with E-state index >= 15 is 0 Å². The zero-order valence-electron chi connectivity index (χ0n) is 9.31. The number of ether oxygens (including phenoxy) is 1. The van der Waals surface area contributed by atoms with Gasteiger partial charge in [0, 0.05) is 18.6 Å². The minimum absolute atomic E-state index is 0.0588. The van der Waals surface area contributed by atoms with Crippen molar-refractivity contribution in [2.24, 2.45) is 0 Å². The van der Waals surface area contributed by atoms with Crippen LogP contribution < -0.4 is 4.74 Å². The van der Waals surface area contributed by atoms with Gasteiger partial charge in [0.2, 0.25) is 5.82 Å². The number of hydrogen-bond donors (Lipinski definition) is 0. The Morgan fingerprint density at radius 1 is 1.53 bits per heavy atom. The van der Waals surface area contributed by atoms with Gasteiger partial charge in [-0.3, -0.25) is 10.1 Å². The Balaban J connectivity index is 2.53. The van der Waals surface area contributed by atoms with Crippen molar-refractivity contribution in [2.75, 3.05) is 6.61 Å². The summed E-state index contributed by atoms with van der Waals surface area (Å²) in [5.74, 6) is -0.654. The van der Waals surface area contributed by atoms with Crippen molar-refractivity contribution in [3.63, 3.8) is 0 Å². The predicted molar refractivity (Wildman–Crippen MR) is 58.5 cm³/mol. The zero-order valence-corrected chi connectivity index (χ0v) is 9.31. The summed E-state index contributed by atoms with van der Waals surface area (Å²) >= 11 is 0. The summed E-state index contributed by atoms with van der Waals surface area (Å²) in [5, 5.41) is 10.4. The van der Waals surface area contributed by atoms with Crippen LogP contribution in [0.2, 0.25) is 0 Å². The van der Waals surface area contributed by atoms with Crippen LogP contribution in [0.3, 0.4) is 0 Å². The number of carbonyl (C=O) groups excluding carboxylic acids is 1. The van der Waals surface area contributed by atoms with Crippen LogP contribution in [0.1, 0.15) is 19.8 Å². The molecule has 0 fully saturated rings. The number of hydrogen-bond acceptors (Lipinski definition) is 4. The average molecular weight is 241 g/mol. The highest BCUT2D eigenvalue weighted by atomic mass is 19.1. The van der Waals surface area contributed by atoms with E-state index in [0.29, 0.717) is 12.8 Å². The molecule has 1 aromatic rings. The first-order chi connectivity index (χ1) is 8.00. The topological polar surface area (TPSA) is 69.4 Å². The van der Waals surface area contributed by atoms with Gasteiger partial charge in [-0.2, -0.15) is 4.39 Å². The number of nitro benzene ring substituents is 1. The molecule has 0 aliphatic carbocycles. The van der Waals surface area contributed by atoms with Gasteiger partial charge >= 0.3 is 5.69 Å². The second-order valence-electron chi connectivity index (χ2n) is 3.52. The third-order valence-corrected chi connectivity index (χ3v) is 2.06. The molecule has 0 heterocycles. The molecule has 0 amide bonds. The lowest BCUT2D eigenvalue weighted by atomic mass is 10.2. The van der Waals surface area contributed by atoms with E-state index in [0.717, 1.165) is 12.1 Å². The first-order valence-electron chi connectivity index (χ1n) is 5.07. The number of nitrogens with zero attached hydrogens (tertiary/aromatic N) is 1. The molecule has 0 aromatic heterocycles. The molecule has 6 heteroatoms. The van der Waals surface area contributed by atoms with Gasteiger partial charge in [0.25, 0.3) is 0 Å². The summed E-state index contributed by atoms with van der Waals surface area (Å²) in [6.07, 6.45) is 0.934. The molecule has 0 spiro atoms. The minimum atomic E-state index is -0.931. The Kier molecular flexibility index (Phi) is 4.56. The molecule has 0 aliphatic rings. The van der Waals surface area contributed by atoms with Crippen molar-refractivity contribution in [3.05, 3.63) is 34.1 Å². The SMILES string of the molecule is CC(=O)CCCOc1ccc([N+](=O)[O-])c(F)c1. The van der Waals surface area contributed by atoms with Crippen LogP contribution in [0.4, 0.5) is 10.1 Å². The molecule has 0 saturated heterocycles. The lowest BCUT2D eigenvalue weighted by Gasteiger charge is -2.05. The van der Waals surface area contributed by atoms with Gasteiger partial charge in [0.15, 0.2) is 0 Å². The molecule has 5 nitrogen and oxygen atoms in total. The first kappa shape index (κ1) is 13.1. The lowest BCUT2D eigenvalue weighted by molar-refractivity contribution is -0.387. The van der Waals surface area contributed by atoms with Crippen molar-refractivity contribution in [1.82, 2.24) is 0 Å². The van der Waals surface area contributed by atoms with Gasteiger partial charge in [-0.1, -0.05) is 0 Å². The molecule has 0 bridgehead atoms. The summed E-state index contributed by atoms with van der Waals surface area (Å²) in [4.78, 5) is 20.2. The number of carbonyl (C=O) groups is 1. The quantitative estimate of drug-likeness (QED) is 0.436. The Morgan fingerprint density at radius 3 is 2.76 bits per heavy atom. The smallest absolute Gasteiger partial charge is 0.305 e. The Bertz CT molecular complexity index is 433. The largest absolute Gasteiger partial charge is 0.493 e. The normalized spacial score (nSPS) is 10.0. The Labute approximate surface area is 97.3 Å². The van der Waals surface area contributed by atoms with E-state index in [4.69, 9.17) is 4.74 Å². The van der Waals surface area contributed by atoms with E-state index < -0.39 is 16.4 Å². The fourth-order valence-electron chi connectivity index (χ4n) is 1.24. The van der Waals surface area contributed by atoms with E-state index in [-0.39, 0.29) is 18.1 Å². The molecule has 0 saturated carbocycles. The van der Waals surface area contributed by atoms with Crippen LogP contribution >= 0.6 is 0 Å². The Morgan fingerprint density at radius 2 is 2.24 bits per heavy atom. The number of ketones is 1. The summed E-state index contributed by atoms with van der Waals surface area (Å²) in [6.45, 7) is 1.75. The second-order valence-corrected chi connectivity index (χ2v) is 3.52. The summed E-state index contributed by atoms with van der Waals surface area (Å²) in [5.41, 5.74) is -0.582. The van der Waals surface area contributed by atoms with Crippen LogP contribution in [0.15, 0.2) is 18.2 Å². The molecule has 0 aliphatic heterocycles. The highest BCUT2D eigenvalue weighted by molar-refractivity contribution is 5.75. The number of halogens is 1. The van der Waals surface area contributed by atoms with Crippen molar-refractivity contribution in [1.29, 1.82) is 0 Å². The molecular formula is C11H12FNO4. The zero-order chi connectivity index (χ0) is 12.8. The summed E-state index contributed by atoms with van der Waals surface area (Å²) in [7, 11) is 0. The fraction of sp³-hybridized carbons (Fsp3) is 0.364. The van der Waals surface area contributed by atoms with Gasteiger partial charge in [0.05, 0.1) is 11.5 Å². The van der Waals surface area contributed by atoms with Crippen LogP contribution in [-0.2, 0) is 4.79 Å². The van der Waals surface area contributed by atoms with Crippen molar-refractivity contribution in [2.45, 2.75) is 19.8 Å². The maximum Gasteiger partial charge on any atom is 0.305 e. The van der Waals surface area contributed by atoms with Crippen LogP contribution in [0.5, 0.6) is 5.75 Å². The molecule has 1 aromatic carbocycles. The molecule has 0 unspecified atom stereocenters. The van der Waals surface area contributed by atoms with Crippen LogP contribution in [0, 0.1) is 15.9 Å². The number of nitro groups is 1. The predicted octanol–water partition coefficient (Wildman–Crippen LogP) is 2.48. The third-order valence-electron chi connectivity index (χ3n) is 2.06. The van der Waals surface area contributed by atoms with Gasteiger partial charge in [-0.25, -0.2) is 0 Å². The van der Waals surface area contributed by atoms with E-state index in [2.05, 4.69) is 0 Å². The lowest BCUT2D eigenvalue weighted by Crippen LogP contribution is -2.01. The van der Waals surface area contributed by atoms with E-state index in [1.807, 2.05) is 0 Å². The van der Waals surface area contributed by atoms with Crippen LogP contribution in [0.25, 0.3) is 0 Å². The van der Waals surface area contributed by atoms with Gasteiger partial charge in [-0.05, 0) is 19.4 Å². The summed E-state index contributed by atoms with van der Waals surface area (Å²) in [6, 6.07) is 3.34. The molecule has 0 radical (unpaired) electrons. The second kappa shape index (κ2) is 5.93. The maximum atomic E-state index is 13.2. The molecule has 0 atom stereocenters. The molecule has 92 valence electrons. The minimum Gasteiger partial charge on any atom is -0.493 e. The van der Waals surface area contributed by atoms with Gasteiger partial charge in [-0.15, -0.1) is 0 Å². The highest BCUT2D eigenvalue weighted by Gasteiger charge is 2.14.